The summed E-state index contributed by atoms with van der Waals surface area (Å²) >= 11 is 0. The first kappa shape index (κ1) is 20.4. The largest absolute Gasteiger partial charge is 0.497 e. The normalized spacial score (nSPS) is 13.1. The number of H-pyrrole nitrogens is 1. The summed E-state index contributed by atoms with van der Waals surface area (Å²) in [4.78, 5) is 32.4. The molecule has 0 aliphatic heterocycles. The van der Waals surface area contributed by atoms with Gasteiger partial charge in [0.15, 0.2) is 0 Å². The van der Waals surface area contributed by atoms with E-state index in [0.717, 1.165) is 21.8 Å². The van der Waals surface area contributed by atoms with Crippen molar-refractivity contribution in [2.75, 3.05) is 7.11 Å². The van der Waals surface area contributed by atoms with Gasteiger partial charge in [0, 0.05) is 28.0 Å². The van der Waals surface area contributed by atoms with Crippen LogP contribution in [-0.2, 0) is 4.79 Å². The lowest BCUT2D eigenvalue weighted by Gasteiger charge is -2.25. The monoisotopic (exact) mass is 417 g/mol. The average Bonchev–Trinajstić information content (AvgIpc) is 3.16. The van der Waals surface area contributed by atoms with Crippen LogP contribution in [0.2, 0.25) is 0 Å². The van der Waals surface area contributed by atoms with Crippen LogP contribution < -0.4 is 10.1 Å². The Bertz CT molecular complexity index is 1260. The summed E-state index contributed by atoms with van der Waals surface area (Å²) in [6.07, 6.45) is 3.84. The Hall–Kier alpha value is -3.87. The third-order valence-corrected chi connectivity index (χ3v) is 5.56. The summed E-state index contributed by atoms with van der Waals surface area (Å²) < 4.78 is 5.28. The molecule has 4 rings (SSSR count). The number of fused-ring (bicyclic) bond motifs is 3. The zero-order valence-electron chi connectivity index (χ0n) is 17.3. The second-order valence-electron chi connectivity index (χ2n) is 7.39. The number of carboxylic acid groups (broad SMARTS) is 1. The second-order valence-corrected chi connectivity index (χ2v) is 7.39. The first-order valence-corrected chi connectivity index (χ1v) is 10.0. The van der Waals surface area contributed by atoms with Crippen molar-refractivity contribution in [3.05, 3.63) is 72.1 Å². The van der Waals surface area contributed by atoms with Crippen molar-refractivity contribution in [1.82, 2.24) is 15.3 Å². The Morgan fingerprint density at radius 1 is 1.13 bits per heavy atom. The van der Waals surface area contributed by atoms with Crippen LogP contribution in [0, 0.1) is 5.92 Å². The Balaban J connectivity index is 1.69. The molecule has 7 heteroatoms. The van der Waals surface area contributed by atoms with Gasteiger partial charge in [-0.25, -0.2) is 0 Å². The Kier molecular flexibility index (Phi) is 5.58. The Morgan fingerprint density at radius 2 is 1.94 bits per heavy atom. The fraction of sp³-hybridized carbons (Fsp3) is 0.208. The maximum absolute atomic E-state index is 13.1. The molecule has 2 atom stereocenters. The number of ether oxygens (including phenoxy) is 1. The van der Waals surface area contributed by atoms with Gasteiger partial charge < -0.3 is 20.1 Å². The number of carboxylic acids is 1. The molecule has 2 unspecified atom stereocenters. The molecule has 0 saturated carbocycles. The van der Waals surface area contributed by atoms with Crippen LogP contribution in [0.4, 0.5) is 0 Å². The molecular formula is C24H23N3O4. The standard InChI is InChI=1S/C24H23N3O4/c1-3-17(24(29)30)22(14-5-4-6-16(11-14)31-2)27-23(28)15-7-8-18-19-9-10-25-13-21(19)26-20(18)12-15/h4-13,17,22,26H,3H2,1-2H3,(H,27,28)(H,29,30). The molecule has 31 heavy (non-hydrogen) atoms. The number of hydrogen-bond acceptors (Lipinski definition) is 4. The number of benzene rings is 2. The van der Waals surface area contributed by atoms with Crippen molar-refractivity contribution in [1.29, 1.82) is 0 Å². The average molecular weight is 417 g/mol. The summed E-state index contributed by atoms with van der Waals surface area (Å²) in [6, 6.07) is 13.7. The molecular weight excluding hydrogens is 394 g/mol. The maximum Gasteiger partial charge on any atom is 0.308 e. The van der Waals surface area contributed by atoms with Crippen LogP contribution in [-0.4, -0.2) is 34.1 Å². The molecule has 7 nitrogen and oxygen atoms in total. The van der Waals surface area contributed by atoms with Gasteiger partial charge in [0.25, 0.3) is 5.91 Å². The van der Waals surface area contributed by atoms with E-state index in [1.807, 2.05) is 12.1 Å². The summed E-state index contributed by atoms with van der Waals surface area (Å²) in [5, 5.41) is 14.7. The first-order valence-electron chi connectivity index (χ1n) is 10.0. The van der Waals surface area contributed by atoms with Gasteiger partial charge in [-0.2, -0.15) is 0 Å². The van der Waals surface area contributed by atoms with E-state index < -0.39 is 17.9 Å². The lowest BCUT2D eigenvalue weighted by atomic mass is 9.90. The van der Waals surface area contributed by atoms with E-state index in [1.54, 1.807) is 62.8 Å². The topological polar surface area (TPSA) is 104 Å². The first-order chi connectivity index (χ1) is 15.0. The van der Waals surface area contributed by atoms with E-state index >= 15 is 0 Å². The smallest absolute Gasteiger partial charge is 0.308 e. The molecule has 0 spiro atoms. The number of aliphatic carboxylic acids is 1. The molecule has 2 aromatic carbocycles. The van der Waals surface area contributed by atoms with Crippen LogP contribution in [0.15, 0.2) is 60.9 Å². The summed E-state index contributed by atoms with van der Waals surface area (Å²) in [7, 11) is 1.55. The number of amides is 1. The highest BCUT2D eigenvalue weighted by Gasteiger charge is 2.30. The third kappa shape index (κ3) is 3.94. The molecule has 0 aliphatic rings. The number of nitrogens with zero attached hydrogens (tertiary/aromatic N) is 1. The van der Waals surface area contributed by atoms with Gasteiger partial charge in [0.1, 0.15) is 5.75 Å². The minimum Gasteiger partial charge on any atom is -0.497 e. The van der Waals surface area contributed by atoms with E-state index in [1.165, 1.54) is 0 Å². The Morgan fingerprint density at radius 3 is 2.68 bits per heavy atom. The highest BCUT2D eigenvalue weighted by molar-refractivity contribution is 6.09. The SMILES string of the molecule is CCC(C(=O)O)C(NC(=O)c1ccc2c(c1)[nH]c1cnccc12)c1cccc(OC)c1. The van der Waals surface area contributed by atoms with E-state index in [-0.39, 0.29) is 5.91 Å². The number of aromatic amines is 1. The van der Waals surface area contributed by atoms with Crippen LogP contribution in [0.3, 0.4) is 0 Å². The van der Waals surface area contributed by atoms with Crippen molar-refractivity contribution >= 4 is 33.7 Å². The predicted octanol–water partition coefficient (Wildman–Crippen LogP) is 4.31. The molecule has 2 heterocycles. The summed E-state index contributed by atoms with van der Waals surface area (Å²) in [5.74, 6) is -1.48. The third-order valence-electron chi connectivity index (χ3n) is 5.56. The molecule has 0 saturated heterocycles. The number of methoxy groups -OCH3 is 1. The highest BCUT2D eigenvalue weighted by Crippen LogP contribution is 2.29. The number of rotatable bonds is 7. The summed E-state index contributed by atoms with van der Waals surface area (Å²) in [5.41, 5.74) is 2.83. The number of aromatic nitrogens is 2. The molecule has 0 radical (unpaired) electrons. The minimum absolute atomic E-state index is 0.341. The lowest BCUT2D eigenvalue weighted by molar-refractivity contribution is -0.142. The van der Waals surface area contributed by atoms with Crippen molar-refractivity contribution in [2.45, 2.75) is 19.4 Å². The number of pyridine rings is 1. The van der Waals surface area contributed by atoms with Crippen LogP contribution in [0.1, 0.15) is 35.3 Å². The molecule has 0 bridgehead atoms. The molecule has 1 amide bonds. The van der Waals surface area contributed by atoms with E-state index in [9.17, 15) is 14.7 Å². The van der Waals surface area contributed by atoms with Crippen molar-refractivity contribution in [2.24, 2.45) is 5.92 Å². The van der Waals surface area contributed by atoms with Crippen LogP contribution in [0.5, 0.6) is 5.75 Å². The fourth-order valence-corrected chi connectivity index (χ4v) is 3.93. The van der Waals surface area contributed by atoms with E-state index in [2.05, 4.69) is 15.3 Å². The zero-order chi connectivity index (χ0) is 22.0. The quantitative estimate of drug-likeness (QED) is 0.416. The molecule has 4 aromatic rings. The number of nitrogens with one attached hydrogen (secondary N) is 2. The summed E-state index contributed by atoms with van der Waals surface area (Å²) in [6.45, 7) is 1.79. The molecule has 0 fully saturated rings. The predicted molar refractivity (Wildman–Crippen MR) is 118 cm³/mol. The number of hydrogen-bond donors (Lipinski definition) is 3. The lowest BCUT2D eigenvalue weighted by Crippen LogP contribution is -2.36. The van der Waals surface area contributed by atoms with Gasteiger partial charge >= 0.3 is 5.97 Å². The van der Waals surface area contributed by atoms with Crippen LogP contribution >= 0.6 is 0 Å². The van der Waals surface area contributed by atoms with Gasteiger partial charge in [0.05, 0.1) is 30.8 Å². The van der Waals surface area contributed by atoms with Crippen molar-refractivity contribution in [3.8, 4) is 5.75 Å². The molecule has 2 aromatic heterocycles. The van der Waals surface area contributed by atoms with Crippen LogP contribution in [0.25, 0.3) is 21.8 Å². The molecule has 0 aliphatic carbocycles. The van der Waals surface area contributed by atoms with E-state index in [4.69, 9.17) is 4.74 Å². The van der Waals surface area contributed by atoms with Crippen molar-refractivity contribution < 1.29 is 19.4 Å². The van der Waals surface area contributed by atoms with Gasteiger partial charge in [-0.05, 0) is 42.3 Å². The minimum atomic E-state index is -0.964. The Labute approximate surface area is 179 Å². The van der Waals surface area contributed by atoms with Gasteiger partial charge in [-0.3, -0.25) is 14.6 Å². The maximum atomic E-state index is 13.1. The van der Waals surface area contributed by atoms with Crippen molar-refractivity contribution in [3.63, 3.8) is 0 Å². The fourth-order valence-electron chi connectivity index (χ4n) is 3.93. The molecule has 3 N–H and O–H groups in total. The van der Waals surface area contributed by atoms with Gasteiger partial charge in [0.2, 0.25) is 0 Å². The highest BCUT2D eigenvalue weighted by atomic mass is 16.5. The molecule has 158 valence electrons. The number of carbonyl (C=O) groups excluding carboxylic acids is 1. The zero-order valence-corrected chi connectivity index (χ0v) is 17.3. The van der Waals surface area contributed by atoms with Gasteiger partial charge in [-0.15, -0.1) is 0 Å². The van der Waals surface area contributed by atoms with E-state index in [0.29, 0.717) is 23.3 Å². The second kappa shape index (κ2) is 8.47. The van der Waals surface area contributed by atoms with Gasteiger partial charge in [-0.1, -0.05) is 25.1 Å². The number of carbonyl (C=O) groups is 2.